The highest BCUT2D eigenvalue weighted by molar-refractivity contribution is 7.98. The van der Waals surface area contributed by atoms with E-state index in [1.807, 2.05) is 30.3 Å². The minimum absolute atomic E-state index is 0.0158. The van der Waals surface area contributed by atoms with Gasteiger partial charge in [0, 0.05) is 12.3 Å². The van der Waals surface area contributed by atoms with Crippen molar-refractivity contribution in [2.75, 3.05) is 0 Å². The van der Waals surface area contributed by atoms with E-state index in [9.17, 15) is 23.1 Å². The van der Waals surface area contributed by atoms with Crippen LogP contribution in [0.2, 0.25) is 0 Å². The summed E-state index contributed by atoms with van der Waals surface area (Å²) in [6.07, 6.45) is -2.88. The van der Waals surface area contributed by atoms with Crippen LogP contribution in [0.5, 0.6) is 0 Å². The number of thioether (sulfide) groups is 1. The maximum atomic E-state index is 12.7. The molecule has 0 spiro atoms. The molecule has 2 N–H and O–H groups in total. The fourth-order valence-electron chi connectivity index (χ4n) is 2.74. The molecule has 0 bridgehead atoms. The van der Waals surface area contributed by atoms with Gasteiger partial charge in [0.25, 0.3) is 0 Å². The van der Waals surface area contributed by atoms with E-state index in [2.05, 4.69) is 10.3 Å². The van der Waals surface area contributed by atoms with Crippen molar-refractivity contribution in [3.63, 3.8) is 0 Å². The molecular formula is C21H20F3N3O2S. The van der Waals surface area contributed by atoms with Crippen LogP contribution in [0.3, 0.4) is 0 Å². The Bertz CT molecular complexity index is 973. The number of nitrogens with zero attached hydrogens (tertiary/aromatic N) is 2. The zero-order valence-corrected chi connectivity index (χ0v) is 16.7. The molecule has 0 aliphatic rings. The van der Waals surface area contributed by atoms with E-state index in [4.69, 9.17) is 0 Å². The average Bonchev–Trinajstić information content (AvgIpc) is 3.12. The Labute approximate surface area is 175 Å². The van der Waals surface area contributed by atoms with Crippen molar-refractivity contribution in [2.24, 2.45) is 0 Å². The SMILES string of the molecule is O=C(Cn1c(CO)cnc1SCc1ccc(C(F)(F)F)cc1)NCc1ccccc1. The third-order valence-corrected chi connectivity index (χ3v) is 5.41. The number of aromatic nitrogens is 2. The van der Waals surface area contributed by atoms with Crippen molar-refractivity contribution in [3.8, 4) is 0 Å². The molecule has 9 heteroatoms. The maximum absolute atomic E-state index is 12.7. The second-order valence-corrected chi connectivity index (χ2v) is 7.46. The number of hydrogen-bond donors (Lipinski definition) is 2. The van der Waals surface area contributed by atoms with Crippen LogP contribution >= 0.6 is 11.8 Å². The predicted octanol–water partition coefficient (Wildman–Crippen LogP) is 4.00. The zero-order valence-electron chi connectivity index (χ0n) is 15.9. The van der Waals surface area contributed by atoms with Gasteiger partial charge in [-0.3, -0.25) is 4.79 Å². The molecule has 3 rings (SSSR count). The molecule has 5 nitrogen and oxygen atoms in total. The van der Waals surface area contributed by atoms with Gasteiger partial charge in [0.05, 0.1) is 24.1 Å². The van der Waals surface area contributed by atoms with E-state index in [-0.39, 0.29) is 19.1 Å². The van der Waals surface area contributed by atoms with Gasteiger partial charge in [0.1, 0.15) is 6.54 Å². The summed E-state index contributed by atoms with van der Waals surface area (Å²) in [6.45, 7) is 0.0920. The maximum Gasteiger partial charge on any atom is 0.416 e. The second-order valence-electron chi connectivity index (χ2n) is 6.52. The van der Waals surface area contributed by atoms with Crippen molar-refractivity contribution in [1.29, 1.82) is 0 Å². The Balaban J connectivity index is 1.62. The number of alkyl halides is 3. The Morgan fingerprint density at radius 1 is 1.07 bits per heavy atom. The number of hydrogen-bond acceptors (Lipinski definition) is 4. The molecule has 0 radical (unpaired) electrons. The number of carbonyl (C=O) groups excluding carboxylic acids is 1. The standard InChI is InChI=1S/C21H20F3N3O2S/c22-21(23,24)17-8-6-16(7-9-17)14-30-20-26-11-18(13-28)27(20)12-19(29)25-10-15-4-2-1-3-5-15/h1-9,11,28H,10,12-14H2,(H,25,29). The number of aliphatic hydroxyl groups is 1. The average molecular weight is 435 g/mol. The highest BCUT2D eigenvalue weighted by Gasteiger charge is 2.29. The molecular weight excluding hydrogens is 415 g/mol. The molecule has 2 aromatic carbocycles. The summed E-state index contributed by atoms with van der Waals surface area (Å²) in [5, 5.41) is 12.9. The van der Waals surface area contributed by atoms with Crippen molar-refractivity contribution >= 4 is 17.7 Å². The van der Waals surface area contributed by atoms with Crippen LogP contribution in [0.1, 0.15) is 22.4 Å². The van der Waals surface area contributed by atoms with Crippen LogP contribution in [0.4, 0.5) is 13.2 Å². The van der Waals surface area contributed by atoms with E-state index in [1.54, 1.807) is 4.57 Å². The molecule has 3 aromatic rings. The number of imidazole rings is 1. The van der Waals surface area contributed by atoms with Crippen LogP contribution in [0.15, 0.2) is 66.0 Å². The number of halogens is 3. The largest absolute Gasteiger partial charge is 0.416 e. The third-order valence-electron chi connectivity index (χ3n) is 4.35. The third kappa shape index (κ3) is 5.87. The first kappa shape index (κ1) is 21.9. The summed E-state index contributed by atoms with van der Waals surface area (Å²) in [7, 11) is 0. The number of amides is 1. The van der Waals surface area contributed by atoms with E-state index in [0.717, 1.165) is 17.7 Å². The molecule has 1 heterocycles. The van der Waals surface area contributed by atoms with Crippen molar-refractivity contribution < 1.29 is 23.1 Å². The molecule has 1 aromatic heterocycles. The molecule has 158 valence electrons. The second kappa shape index (κ2) is 9.82. The lowest BCUT2D eigenvalue weighted by Gasteiger charge is -2.12. The van der Waals surface area contributed by atoms with Crippen molar-refractivity contribution in [3.05, 3.63) is 83.2 Å². The molecule has 30 heavy (non-hydrogen) atoms. The molecule has 0 saturated carbocycles. The minimum atomic E-state index is -4.37. The number of benzene rings is 2. The Morgan fingerprint density at radius 3 is 2.40 bits per heavy atom. The van der Waals surface area contributed by atoms with E-state index in [1.165, 1.54) is 30.1 Å². The summed E-state index contributed by atoms with van der Waals surface area (Å²) in [5.74, 6) is 0.147. The first-order valence-corrected chi connectivity index (χ1v) is 10.1. The van der Waals surface area contributed by atoms with Crippen LogP contribution in [0, 0.1) is 0 Å². The van der Waals surface area contributed by atoms with Gasteiger partial charge < -0.3 is 15.0 Å². The Hall–Kier alpha value is -2.78. The highest BCUT2D eigenvalue weighted by Crippen LogP contribution is 2.30. The summed E-state index contributed by atoms with van der Waals surface area (Å²) < 4.78 is 39.6. The molecule has 0 aliphatic carbocycles. The number of aliphatic hydroxyl groups excluding tert-OH is 1. The van der Waals surface area contributed by atoms with E-state index >= 15 is 0 Å². The highest BCUT2D eigenvalue weighted by atomic mass is 32.2. The lowest BCUT2D eigenvalue weighted by Crippen LogP contribution is -2.28. The lowest BCUT2D eigenvalue weighted by molar-refractivity contribution is -0.137. The van der Waals surface area contributed by atoms with E-state index < -0.39 is 11.7 Å². The quantitative estimate of drug-likeness (QED) is 0.525. The predicted molar refractivity (Wildman–Crippen MR) is 107 cm³/mol. The van der Waals surface area contributed by atoms with Gasteiger partial charge in [0.2, 0.25) is 5.91 Å². The molecule has 0 unspecified atom stereocenters. The van der Waals surface area contributed by atoms with Crippen LogP contribution in [-0.2, 0) is 36.4 Å². The molecule has 0 fully saturated rings. The normalized spacial score (nSPS) is 11.5. The van der Waals surface area contributed by atoms with Crippen LogP contribution in [0.25, 0.3) is 0 Å². The molecule has 1 amide bonds. The van der Waals surface area contributed by atoms with Gasteiger partial charge in [-0.1, -0.05) is 54.2 Å². The number of rotatable bonds is 8. The first-order valence-electron chi connectivity index (χ1n) is 9.11. The molecule has 0 aliphatic heterocycles. The molecule has 0 saturated heterocycles. The summed E-state index contributed by atoms with van der Waals surface area (Å²) in [5.41, 5.74) is 1.45. The summed E-state index contributed by atoms with van der Waals surface area (Å²) in [4.78, 5) is 16.6. The van der Waals surface area contributed by atoms with Gasteiger partial charge in [-0.05, 0) is 23.3 Å². The van der Waals surface area contributed by atoms with Gasteiger partial charge >= 0.3 is 6.18 Å². The van der Waals surface area contributed by atoms with Gasteiger partial charge in [-0.15, -0.1) is 0 Å². The Morgan fingerprint density at radius 2 is 1.77 bits per heavy atom. The van der Waals surface area contributed by atoms with Crippen LogP contribution in [-0.4, -0.2) is 20.6 Å². The fourth-order valence-corrected chi connectivity index (χ4v) is 3.69. The smallest absolute Gasteiger partial charge is 0.390 e. The van der Waals surface area contributed by atoms with Gasteiger partial charge in [-0.2, -0.15) is 13.2 Å². The van der Waals surface area contributed by atoms with Crippen molar-refractivity contribution in [2.45, 2.75) is 36.8 Å². The Kier molecular flexibility index (Phi) is 7.17. The van der Waals surface area contributed by atoms with E-state index in [0.29, 0.717) is 28.7 Å². The lowest BCUT2D eigenvalue weighted by atomic mass is 10.1. The van der Waals surface area contributed by atoms with Gasteiger partial charge in [0.15, 0.2) is 5.16 Å². The first-order chi connectivity index (χ1) is 14.4. The topological polar surface area (TPSA) is 67.2 Å². The summed E-state index contributed by atoms with van der Waals surface area (Å²) in [6, 6.07) is 14.4. The minimum Gasteiger partial charge on any atom is -0.390 e. The molecule has 0 atom stereocenters. The van der Waals surface area contributed by atoms with Crippen LogP contribution < -0.4 is 5.32 Å². The monoisotopic (exact) mass is 435 g/mol. The van der Waals surface area contributed by atoms with Crippen molar-refractivity contribution in [1.82, 2.24) is 14.9 Å². The van der Waals surface area contributed by atoms with Gasteiger partial charge in [-0.25, -0.2) is 4.98 Å². The summed E-state index contributed by atoms with van der Waals surface area (Å²) >= 11 is 1.29. The zero-order chi connectivity index (χ0) is 21.6. The number of nitrogens with one attached hydrogen (secondary N) is 1. The number of carbonyl (C=O) groups is 1. The fraction of sp³-hybridized carbons (Fsp3) is 0.238.